The van der Waals surface area contributed by atoms with Gasteiger partial charge in [0.1, 0.15) is 0 Å². The van der Waals surface area contributed by atoms with Gasteiger partial charge in [-0.05, 0) is 20.8 Å². The van der Waals surface area contributed by atoms with Crippen molar-refractivity contribution >= 4 is 11.8 Å². The molecule has 1 aliphatic heterocycles. The maximum atomic E-state index is 11.7. The third kappa shape index (κ3) is 2.84. The van der Waals surface area contributed by atoms with Crippen LogP contribution >= 0.6 is 0 Å². The van der Waals surface area contributed by atoms with Crippen LogP contribution in [0.5, 0.6) is 0 Å². The van der Waals surface area contributed by atoms with Crippen molar-refractivity contribution in [1.82, 2.24) is 10.2 Å². The first kappa shape index (κ1) is 12.7. The normalized spacial score (nSPS) is 21.1. The molecule has 2 amide bonds. The van der Waals surface area contributed by atoms with Gasteiger partial charge in [0.2, 0.25) is 11.8 Å². The van der Waals surface area contributed by atoms with Gasteiger partial charge in [0.15, 0.2) is 0 Å². The summed E-state index contributed by atoms with van der Waals surface area (Å²) in [6, 6.07) is 0. The first-order chi connectivity index (χ1) is 7.36. The largest absolute Gasteiger partial charge is 0.352 e. The minimum absolute atomic E-state index is 0.0556. The smallest absolute Gasteiger partial charge is 0.225 e. The van der Waals surface area contributed by atoms with Gasteiger partial charge >= 0.3 is 0 Å². The highest BCUT2D eigenvalue weighted by Crippen LogP contribution is 2.25. The van der Waals surface area contributed by atoms with Crippen LogP contribution in [0.3, 0.4) is 0 Å². The molecule has 1 N–H and O–H groups in total. The van der Waals surface area contributed by atoms with E-state index in [-0.39, 0.29) is 23.3 Å². The predicted octanol–water partition coefficient (Wildman–Crippen LogP) is 0.936. The van der Waals surface area contributed by atoms with Crippen LogP contribution in [0.15, 0.2) is 12.7 Å². The fraction of sp³-hybridized carbons (Fsp3) is 0.667. The lowest BCUT2D eigenvalue weighted by Gasteiger charge is -2.31. The second-order valence-electron chi connectivity index (χ2n) is 5.11. The van der Waals surface area contributed by atoms with Crippen molar-refractivity contribution in [3.63, 3.8) is 0 Å². The maximum absolute atomic E-state index is 11.7. The molecule has 0 aliphatic carbocycles. The lowest BCUT2D eigenvalue weighted by molar-refractivity contribution is -0.132. The molecule has 0 saturated carbocycles. The summed E-state index contributed by atoms with van der Waals surface area (Å²) in [5.41, 5.74) is -0.204. The van der Waals surface area contributed by atoms with Gasteiger partial charge in [-0.3, -0.25) is 9.59 Å². The van der Waals surface area contributed by atoms with E-state index >= 15 is 0 Å². The number of carbonyl (C=O) groups is 2. The van der Waals surface area contributed by atoms with Gasteiger partial charge in [-0.1, -0.05) is 6.08 Å². The van der Waals surface area contributed by atoms with Crippen LogP contribution in [0.2, 0.25) is 0 Å². The first-order valence-corrected chi connectivity index (χ1v) is 5.55. The van der Waals surface area contributed by atoms with Crippen molar-refractivity contribution in [2.45, 2.75) is 32.7 Å². The van der Waals surface area contributed by atoms with Gasteiger partial charge in [-0.15, -0.1) is 6.58 Å². The Labute approximate surface area is 96.7 Å². The molecule has 4 nitrogen and oxygen atoms in total. The zero-order chi connectivity index (χ0) is 12.3. The molecule has 0 spiro atoms. The Hall–Kier alpha value is -1.32. The van der Waals surface area contributed by atoms with E-state index in [1.165, 1.54) is 0 Å². The van der Waals surface area contributed by atoms with Crippen molar-refractivity contribution in [3.05, 3.63) is 12.7 Å². The molecule has 0 aromatic heterocycles. The molecule has 0 aromatic rings. The molecule has 0 bridgehead atoms. The highest BCUT2D eigenvalue weighted by molar-refractivity contribution is 5.89. The third-order valence-corrected chi connectivity index (χ3v) is 2.73. The number of hydrogen-bond donors (Lipinski definition) is 1. The SMILES string of the molecule is C=CCNC(=O)C1CC(=O)N(C(C)(C)C)C1. The molecular formula is C12H20N2O2. The summed E-state index contributed by atoms with van der Waals surface area (Å²) < 4.78 is 0. The van der Waals surface area contributed by atoms with Crippen LogP contribution in [0.25, 0.3) is 0 Å². The predicted molar refractivity (Wildman–Crippen MR) is 62.8 cm³/mol. The maximum Gasteiger partial charge on any atom is 0.225 e. The van der Waals surface area contributed by atoms with Crippen LogP contribution in [0.4, 0.5) is 0 Å². The van der Waals surface area contributed by atoms with Crippen LogP contribution in [-0.4, -0.2) is 35.3 Å². The van der Waals surface area contributed by atoms with Crippen LogP contribution in [0.1, 0.15) is 27.2 Å². The Morgan fingerprint density at radius 2 is 2.25 bits per heavy atom. The molecule has 0 radical (unpaired) electrons. The highest BCUT2D eigenvalue weighted by Gasteiger charge is 2.39. The molecule has 1 fully saturated rings. The van der Waals surface area contributed by atoms with Crippen LogP contribution in [-0.2, 0) is 9.59 Å². The quantitative estimate of drug-likeness (QED) is 0.725. The lowest BCUT2D eigenvalue weighted by Crippen LogP contribution is -2.43. The zero-order valence-corrected chi connectivity index (χ0v) is 10.2. The van der Waals surface area contributed by atoms with Gasteiger partial charge in [-0.2, -0.15) is 0 Å². The zero-order valence-electron chi connectivity index (χ0n) is 10.2. The average Bonchev–Trinajstić information content (AvgIpc) is 2.56. The van der Waals surface area contributed by atoms with E-state index in [9.17, 15) is 9.59 Å². The van der Waals surface area contributed by atoms with Crippen molar-refractivity contribution in [2.24, 2.45) is 5.92 Å². The number of carbonyl (C=O) groups excluding carboxylic acids is 2. The van der Waals surface area contributed by atoms with E-state index < -0.39 is 0 Å². The number of nitrogens with zero attached hydrogens (tertiary/aromatic N) is 1. The van der Waals surface area contributed by atoms with Crippen molar-refractivity contribution < 1.29 is 9.59 Å². The molecule has 1 rings (SSSR count). The molecule has 1 heterocycles. The van der Waals surface area contributed by atoms with Crippen molar-refractivity contribution in [2.75, 3.05) is 13.1 Å². The second-order valence-corrected chi connectivity index (χ2v) is 5.11. The lowest BCUT2D eigenvalue weighted by atomic mass is 10.1. The van der Waals surface area contributed by atoms with Gasteiger partial charge in [0, 0.05) is 25.0 Å². The Morgan fingerprint density at radius 3 is 2.69 bits per heavy atom. The summed E-state index contributed by atoms with van der Waals surface area (Å²) in [4.78, 5) is 25.2. The average molecular weight is 224 g/mol. The fourth-order valence-electron chi connectivity index (χ4n) is 1.85. The number of amides is 2. The standard InChI is InChI=1S/C12H20N2O2/c1-5-6-13-11(16)9-7-10(15)14(8-9)12(2,3)4/h5,9H,1,6-8H2,2-4H3,(H,13,16). The highest BCUT2D eigenvalue weighted by atomic mass is 16.2. The minimum Gasteiger partial charge on any atom is -0.352 e. The van der Waals surface area contributed by atoms with E-state index in [4.69, 9.17) is 0 Å². The molecule has 1 atom stereocenters. The molecule has 16 heavy (non-hydrogen) atoms. The third-order valence-electron chi connectivity index (χ3n) is 2.73. The summed E-state index contributed by atoms with van der Waals surface area (Å²) in [6.07, 6.45) is 1.95. The molecule has 1 unspecified atom stereocenters. The number of likely N-dealkylation sites (tertiary alicyclic amines) is 1. The monoisotopic (exact) mass is 224 g/mol. The topological polar surface area (TPSA) is 49.4 Å². The molecular weight excluding hydrogens is 204 g/mol. The van der Waals surface area contributed by atoms with Gasteiger partial charge < -0.3 is 10.2 Å². The summed E-state index contributed by atoms with van der Waals surface area (Å²) in [7, 11) is 0. The molecule has 90 valence electrons. The van der Waals surface area contributed by atoms with Crippen molar-refractivity contribution in [3.8, 4) is 0 Å². The Morgan fingerprint density at radius 1 is 1.62 bits per heavy atom. The number of hydrogen-bond acceptors (Lipinski definition) is 2. The van der Waals surface area contributed by atoms with Crippen LogP contribution in [0, 0.1) is 5.92 Å². The summed E-state index contributed by atoms with van der Waals surface area (Å²) in [5, 5.41) is 2.73. The minimum atomic E-state index is -0.216. The molecule has 4 heteroatoms. The Kier molecular flexibility index (Phi) is 3.73. The fourth-order valence-corrected chi connectivity index (χ4v) is 1.85. The molecule has 1 aliphatic rings. The molecule has 1 saturated heterocycles. The number of nitrogens with one attached hydrogen (secondary N) is 1. The van der Waals surface area contributed by atoms with E-state index in [0.29, 0.717) is 19.5 Å². The Bertz CT molecular complexity index is 305. The molecule has 0 aromatic carbocycles. The summed E-state index contributed by atoms with van der Waals surface area (Å²) >= 11 is 0. The van der Waals surface area contributed by atoms with E-state index in [1.807, 2.05) is 20.8 Å². The van der Waals surface area contributed by atoms with E-state index in [2.05, 4.69) is 11.9 Å². The van der Waals surface area contributed by atoms with Gasteiger partial charge in [0.05, 0.1) is 5.92 Å². The first-order valence-electron chi connectivity index (χ1n) is 5.55. The van der Waals surface area contributed by atoms with E-state index in [1.54, 1.807) is 11.0 Å². The van der Waals surface area contributed by atoms with Crippen molar-refractivity contribution in [1.29, 1.82) is 0 Å². The van der Waals surface area contributed by atoms with E-state index in [0.717, 1.165) is 0 Å². The van der Waals surface area contributed by atoms with Gasteiger partial charge in [-0.25, -0.2) is 0 Å². The number of rotatable bonds is 3. The summed E-state index contributed by atoms with van der Waals surface area (Å²) in [5.74, 6) is -0.210. The van der Waals surface area contributed by atoms with Crippen LogP contribution < -0.4 is 5.32 Å². The second kappa shape index (κ2) is 4.68. The van der Waals surface area contributed by atoms with Gasteiger partial charge in [0.25, 0.3) is 0 Å². The summed E-state index contributed by atoms with van der Waals surface area (Å²) in [6.45, 7) is 10.5. The Balaban J connectivity index is 2.59.